The maximum Gasteiger partial charge on any atom is 0.410 e. The molecule has 0 aliphatic heterocycles. The van der Waals surface area contributed by atoms with Gasteiger partial charge in [0.05, 0.1) is 10.6 Å². The average Bonchev–Trinajstić information content (AvgIpc) is 2.75. The third kappa shape index (κ3) is 3.30. The number of rotatable bonds is 3. The van der Waals surface area contributed by atoms with Crippen molar-refractivity contribution in [1.29, 1.82) is 0 Å². The van der Waals surface area contributed by atoms with E-state index in [4.69, 9.17) is 5.11 Å². The number of hydrogen-bond acceptors (Lipinski definition) is 5. The lowest BCUT2D eigenvalue weighted by Gasteiger charge is -2.00. The molecule has 0 fully saturated rings. The summed E-state index contributed by atoms with van der Waals surface area (Å²) < 4.78 is 22.6. The van der Waals surface area contributed by atoms with Gasteiger partial charge in [-0.3, -0.25) is 5.32 Å². The number of amides is 1. The molecule has 1 aromatic carbocycles. The fourth-order valence-corrected chi connectivity index (χ4v) is 2.77. The maximum absolute atomic E-state index is 11.3. The number of carboxylic acid groups (broad SMARTS) is 1. The molecule has 0 bridgehead atoms. The van der Waals surface area contributed by atoms with Gasteiger partial charge in [0.1, 0.15) is 0 Å². The van der Waals surface area contributed by atoms with E-state index >= 15 is 0 Å². The van der Waals surface area contributed by atoms with Crippen molar-refractivity contribution in [3.8, 4) is 11.3 Å². The molecule has 0 aliphatic rings. The lowest BCUT2D eigenvalue weighted by atomic mass is 10.2. The van der Waals surface area contributed by atoms with Gasteiger partial charge in [-0.2, -0.15) is 0 Å². The van der Waals surface area contributed by atoms with Crippen LogP contribution in [0.1, 0.15) is 0 Å². The van der Waals surface area contributed by atoms with E-state index in [1.54, 1.807) is 17.5 Å². The maximum atomic E-state index is 11.3. The monoisotopic (exact) mass is 298 g/mol. The van der Waals surface area contributed by atoms with E-state index < -0.39 is 15.9 Å². The molecule has 2 rings (SSSR count). The van der Waals surface area contributed by atoms with Crippen molar-refractivity contribution in [2.24, 2.45) is 0 Å². The Hall–Kier alpha value is -1.93. The fraction of sp³-hybridized carbons (Fsp3) is 0.0909. The molecule has 6 nitrogen and oxygen atoms in total. The normalized spacial score (nSPS) is 11.2. The summed E-state index contributed by atoms with van der Waals surface area (Å²) in [6, 6.07) is 6.26. The standard InChI is InChI=1S/C11H10N2O4S2/c1-19(16,17)8-4-2-7(3-5-8)9-6-18-10(12-9)13-11(14)15/h2-6H,1H3,(H,12,13)(H,14,15). The van der Waals surface area contributed by atoms with Crippen molar-refractivity contribution >= 4 is 32.4 Å². The number of nitrogens with one attached hydrogen (secondary N) is 1. The van der Waals surface area contributed by atoms with Crippen LogP contribution in [0.15, 0.2) is 34.5 Å². The zero-order chi connectivity index (χ0) is 14.0. The lowest BCUT2D eigenvalue weighted by molar-refractivity contribution is 0.209. The summed E-state index contributed by atoms with van der Waals surface area (Å²) in [5.74, 6) is 0. The summed E-state index contributed by atoms with van der Waals surface area (Å²) in [7, 11) is -3.22. The SMILES string of the molecule is CS(=O)(=O)c1ccc(-c2csc(NC(=O)O)n2)cc1. The van der Waals surface area contributed by atoms with Crippen molar-refractivity contribution in [2.45, 2.75) is 4.90 Å². The Morgan fingerprint density at radius 2 is 1.95 bits per heavy atom. The van der Waals surface area contributed by atoms with Crippen LogP contribution in [0.4, 0.5) is 9.93 Å². The number of hydrogen-bond donors (Lipinski definition) is 2. The highest BCUT2D eigenvalue weighted by Gasteiger charge is 2.09. The highest BCUT2D eigenvalue weighted by molar-refractivity contribution is 7.90. The van der Waals surface area contributed by atoms with E-state index in [-0.39, 0.29) is 10.0 Å². The largest absolute Gasteiger partial charge is 0.465 e. The molecule has 0 saturated carbocycles. The molecule has 1 heterocycles. The van der Waals surface area contributed by atoms with Crippen LogP contribution in [0.3, 0.4) is 0 Å². The number of benzene rings is 1. The minimum Gasteiger partial charge on any atom is -0.465 e. The second-order valence-electron chi connectivity index (χ2n) is 3.76. The number of sulfone groups is 1. The van der Waals surface area contributed by atoms with Crippen molar-refractivity contribution < 1.29 is 18.3 Å². The van der Waals surface area contributed by atoms with Crippen molar-refractivity contribution in [1.82, 2.24) is 4.98 Å². The molecule has 0 saturated heterocycles. The molecular weight excluding hydrogens is 288 g/mol. The zero-order valence-electron chi connectivity index (χ0n) is 9.82. The Morgan fingerprint density at radius 1 is 1.32 bits per heavy atom. The van der Waals surface area contributed by atoms with Crippen LogP contribution in [-0.4, -0.2) is 30.9 Å². The number of anilines is 1. The molecule has 1 amide bonds. The lowest BCUT2D eigenvalue weighted by Crippen LogP contribution is -2.06. The Bertz CT molecular complexity index is 705. The second kappa shape index (κ2) is 4.98. The first kappa shape index (κ1) is 13.5. The van der Waals surface area contributed by atoms with Gasteiger partial charge in [0.15, 0.2) is 15.0 Å². The minimum atomic E-state index is -3.22. The summed E-state index contributed by atoms with van der Waals surface area (Å²) in [5, 5.41) is 12.7. The number of nitrogens with zero attached hydrogens (tertiary/aromatic N) is 1. The van der Waals surface area contributed by atoms with E-state index in [2.05, 4.69) is 10.3 Å². The molecule has 2 N–H and O–H groups in total. The number of thiazole rings is 1. The highest BCUT2D eigenvalue weighted by atomic mass is 32.2. The Balaban J connectivity index is 2.27. The predicted octanol–water partition coefficient (Wildman–Crippen LogP) is 2.30. The van der Waals surface area contributed by atoms with Crippen molar-refractivity contribution in [2.75, 3.05) is 11.6 Å². The van der Waals surface area contributed by atoms with Gasteiger partial charge in [-0.05, 0) is 12.1 Å². The highest BCUT2D eigenvalue weighted by Crippen LogP contribution is 2.25. The van der Waals surface area contributed by atoms with E-state index in [0.29, 0.717) is 5.69 Å². The summed E-state index contributed by atoms with van der Waals surface area (Å²) in [6.45, 7) is 0. The molecule has 0 unspecified atom stereocenters. The van der Waals surface area contributed by atoms with Gasteiger partial charge >= 0.3 is 6.09 Å². The van der Waals surface area contributed by atoms with E-state index in [1.165, 1.54) is 12.1 Å². The second-order valence-corrected chi connectivity index (χ2v) is 6.64. The van der Waals surface area contributed by atoms with Gasteiger partial charge in [-0.1, -0.05) is 12.1 Å². The molecule has 100 valence electrons. The van der Waals surface area contributed by atoms with Gasteiger partial charge in [0.2, 0.25) is 0 Å². The Morgan fingerprint density at radius 3 is 2.47 bits per heavy atom. The van der Waals surface area contributed by atoms with Crippen LogP contribution in [0, 0.1) is 0 Å². The first-order chi connectivity index (χ1) is 8.86. The first-order valence-corrected chi connectivity index (χ1v) is 7.89. The summed E-state index contributed by atoms with van der Waals surface area (Å²) in [4.78, 5) is 14.8. The van der Waals surface area contributed by atoms with Gasteiger partial charge in [0.25, 0.3) is 0 Å². The van der Waals surface area contributed by atoms with E-state index in [0.717, 1.165) is 23.2 Å². The third-order valence-corrected chi connectivity index (χ3v) is 4.18. The first-order valence-electron chi connectivity index (χ1n) is 5.12. The van der Waals surface area contributed by atoms with Crippen LogP contribution >= 0.6 is 11.3 Å². The molecular formula is C11H10N2O4S2. The summed E-state index contributed by atoms with van der Waals surface area (Å²) in [6.07, 6.45) is -0.0342. The quantitative estimate of drug-likeness (QED) is 0.906. The predicted molar refractivity (Wildman–Crippen MR) is 72.3 cm³/mol. The molecule has 0 radical (unpaired) electrons. The summed E-state index contributed by atoms with van der Waals surface area (Å²) in [5.41, 5.74) is 1.32. The third-order valence-electron chi connectivity index (χ3n) is 2.30. The number of aromatic nitrogens is 1. The van der Waals surface area contributed by atoms with Crippen molar-refractivity contribution in [3.63, 3.8) is 0 Å². The van der Waals surface area contributed by atoms with Crippen LogP contribution in [0.25, 0.3) is 11.3 Å². The number of carbonyl (C=O) groups is 1. The fourth-order valence-electron chi connectivity index (χ4n) is 1.43. The van der Waals surface area contributed by atoms with Gasteiger partial charge in [-0.25, -0.2) is 18.2 Å². The molecule has 19 heavy (non-hydrogen) atoms. The molecule has 8 heteroatoms. The zero-order valence-corrected chi connectivity index (χ0v) is 11.5. The Labute approximate surface area is 113 Å². The van der Waals surface area contributed by atoms with Crippen LogP contribution < -0.4 is 5.32 Å². The molecule has 0 atom stereocenters. The smallest absolute Gasteiger partial charge is 0.410 e. The minimum absolute atomic E-state index is 0.232. The molecule has 2 aromatic rings. The van der Waals surface area contributed by atoms with Gasteiger partial charge < -0.3 is 5.11 Å². The average molecular weight is 298 g/mol. The van der Waals surface area contributed by atoms with Crippen LogP contribution in [0.2, 0.25) is 0 Å². The van der Waals surface area contributed by atoms with E-state index in [9.17, 15) is 13.2 Å². The molecule has 0 aliphatic carbocycles. The molecule has 0 spiro atoms. The van der Waals surface area contributed by atoms with Crippen molar-refractivity contribution in [3.05, 3.63) is 29.6 Å². The molecule has 1 aromatic heterocycles. The van der Waals surface area contributed by atoms with Crippen LogP contribution in [-0.2, 0) is 9.84 Å². The Kier molecular flexibility index (Phi) is 3.54. The van der Waals surface area contributed by atoms with Crippen LogP contribution in [0.5, 0.6) is 0 Å². The summed E-state index contributed by atoms with van der Waals surface area (Å²) >= 11 is 1.16. The topological polar surface area (TPSA) is 96.4 Å². The van der Waals surface area contributed by atoms with Gasteiger partial charge in [-0.15, -0.1) is 11.3 Å². The van der Waals surface area contributed by atoms with E-state index in [1.807, 2.05) is 0 Å². The van der Waals surface area contributed by atoms with Gasteiger partial charge in [0, 0.05) is 17.2 Å².